The Bertz CT molecular complexity index is 1810. The molecule has 1 unspecified atom stereocenters. The van der Waals surface area contributed by atoms with E-state index in [1.165, 1.54) is 6.21 Å². The zero-order valence-electron chi connectivity index (χ0n) is 28.2. The first-order valence-electron chi connectivity index (χ1n) is 16.3. The molecule has 3 aromatic heterocycles. The van der Waals surface area contributed by atoms with Crippen molar-refractivity contribution in [1.82, 2.24) is 29.6 Å². The SMILES string of the molecule is Cn1nc2ccc(-c3cn(COCC[Si](C)(C)C)c4nc(N5[C@@H]6CC[C@H]5CC(NC(=O)OC(C)(C)C)C6)cnc34)c(Cl)c2c1/C=N/O. The topological polar surface area (TPSA) is 132 Å². The average molecular weight is 681 g/mol. The van der Waals surface area contributed by atoms with Gasteiger partial charge in [0.15, 0.2) is 5.65 Å². The van der Waals surface area contributed by atoms with E-state index in [1.807, 2.05) is 49.9 Å². The van der Waals surface area contributed by atoms with Crippen LogP contribution in [-0.2, 0) is 23.3 Å². The van der Waals surface area contributed by atoms with Crippen LogP contribution in [-0.4, -0.2) is 80.2 Å². The van der Waals surface area contributed by atoms with E-state index in [2.05, 4.69) is 40.1 Å². The lowest BCUT2D eigenvalue weighted by Crippen LogP contribution is -2.51. The van der Waals surface area contributed by atoms with Crippen LogP contribution in [0.5, 0.6) is 0 Å². The number of ether oxygens (including phenoxy) is 2. The number of carbonyl (C=O) groups excluding carboxylic acids is 1. The van der Waals surface area contributed by atoms with Crippen molar-refractivity contribution in [1.29, 1.82) is 0 Å². The molecular formula is C33H45ClN8O4Si. The van der Waals surface area contributed by atoms with Crippen LogP contribution >= 0.6 is 11.6 Å². The van der Waals surface area contributed by atoms with Crippen molar-refractivity contribution >= 4 is 59.9 Å². The zero-order chi connectivity index (χ0) is 33.7. The summed E-state index contributed by atoms with van der Waals surface area (Å²) in [5.74, 6) is 0.823. The van der Waals surface area contributed by atoms with Crippen LogP contribution in [0.3, 0.4) is 0 Å². The van der Waals surface area contributed by atoms with Gasteiger partial charge in [0.1, 0.15) is 23.7 Å². The molecule has 47 heavy (non-hydrogen) atoms. The average Bonchev–Trinajstić information content (AvgIpc) is 3.58. The van der Waals surface area contributed by atoms with E-state index in [0.717, 1.165) is 59.8 Å². The van der Waals surface area contributed by atoms with Gasteiger partial charge in [-0.1, -0.05) is 42.5 Å². The number of nitrogens with zero attached hydrogens (tertiary/aromatic N) is 7. The first-order valence-corrected chi connectivity index (χ1v) is 20.4. The number of carbonyl (C=O) groups is 1. The van der Waals surface area contributed by atoms with Gasteiger partial charge in [-0.3, -0.25) is 4.68 Å². The Morgan fingerprint density at radius 2 is 1.91 bits per heavy atom. The number of amides is 1. The Morgan fingerprint density at radius 1 is 1.19 bits per heavy atom. The second-order valence-electron chi connectivity index (χ2n) is 14.9. The van der Waals surface area contributed by atoms with Crippen molar-refractivity contribution in [2.24, 2.45) is 12.2 Å². The van der Waals surface area contributed by atoms with Gasteiger partial charge in [0.2, 0.25) is 0 Å². The molecule has 12 nitrogen and oxygen atoms in total. The minimum absolute atomic E-state index is 0.0517. The minimum Gasteiger partial charge on any atom is -0.444 e. The molecule has 2 bridgehead atoms. The molecule has 0 radical (unpaired) electrons. The van der Waals surface area contributed by atoms with Gasteiger partial charge in [0.05, 0.1) is 28.6 Å². The summed E-state index contributed by atoms with van der Waals surface area (Å²) in [6.45, 7) is 13.6. The lowest BCUT2D eigenvalue weighted by Gasteiger charge is -2.39. The van der Waals surface area contributed by atoms with Crippen LogP contribution in [0.1, 0.15) is 52.1 Å². The number of alkyl carbamates (subject to hydrolysis) is 1. The monoisotopic (exact) mass is 680 g/mol. The fourth-order valence-electron chi connectivity index (χ4n) is 6.82. The fourth-order valence-corrected chi connectivity index (χ4v) is 7.94. The first-order chi connectivity index (χ1) is 22.2. The van der Waals surface area contributed by atoms with Gasteiger partial charge in [-0.05, 0) is 58.6 Å². The summed E-state index contributed by atoms with van der Waals surface area (Å²) in [4.78, 5) is 25.1. The molecule has 3 atom stereocenters. The van der Waals surface area contributed by atoms with Gasteiger partial charge in [0, 0.05) is 62.6 Å². The van der Waals surface area contributed by atoms with Crippen LogP contribution in [0.25, 0.3) is 33.2 Å². The number of hydrogen-bond acceptors (Lipinski definition) is 9. The Hall–Kier alpha value is -3.68. The Labute approximate surface area is 281 Å². The van der Waals surface area contributed by atoms with E-state index >= 15 is 0 Å². The molecular weight excluding hydrogens is 636 g/mol. The van der Waals surface area contributed by atoms with Gasteiger partial charge in [-0.2, -0.15) is 5.10 Å². The number of piperidine rings is 1. The molecule has 14 heteroatoms. The number of aromatic nitrogens is 5. The molecule has 2 aliphatic rings. The number of hydrogen-bond donors (Lipinski definition) is 2. The Balaban J connectivity index is 1.34. The van der Waals surface area contributed by atoms with E-state index in [0.29, 0.717) is 35.0 Å². The predicted molar refractivity (Wildman–Crippen MR) is 187 cm³/mol. The molecule has 0 saturated carbocycles. The molecule has 1 aromatic carbocycles. The van der Waals surface area contributed by atoms with Crippen LogP contribution in [0.4, 0.5) is 10.6 Å². The predicted octanol–water partition coefficient (Wildman–Crippen LogP) is 6.78. The fraction of sp³-hybridized carbons (Fsp3) is 0.545. The number of benzene rings is 1. The smallest absolute Gasteiger partial charge is 0.407 e. The molecule has 252 valence electrons. The Kier molecular flexibility index (Phi) is 9.00. The number of halogens is 1. The summed E-state index contributed by atoms with van der Waals surface area (Å²) in [6, 6.07) is 5.45. The largest absolute Gasteiger partial charge is 0.444 e. The Morgan fingerprint density at radius 3 is 2.57 bits per heavy atom. The summed E-state index contributed by atoms with van der Waals surface area (Å²) in [6.07, 6.45) is 8.55. The summed E-state index contributed by atoms with van der Waals surface area (Å²) in [5, 5.41) is 21.3. The molecule has 0 aliphatic carbocycles. The molecule has 0 spiro atoms. The highest BCUT2D eigenvalue weighted by Crippen LogP contribution is 2.42. The van der Waals surface area contributed by atoms with Crippen molar-refractivity contribution in [2.75, 3.05) is 11.5 Å². The van der Waals surface area contributed by atoms with E-state index in [1.54, 1.807) is 11.7 Å². The number of nitrogens with one attached hydrogen (secondary N) is 1. The lowest BCUT2D eigenvalue weighted by atomic mass is 9.97. The standard InChI is InChI=1S/C33H45ClN8O4Si/c1-33(2,3)46-32(43)37-20-14-21-8-9-22(15-20)42(21)27-17-35-30-24(18-41(31(30)38-27)19-45-12-13-47(5,6)7)23-10-11-25-28(29(23)34)26(16-36-44)40(4)39-25/h10-11,16-18,20-22,44H,8-9,12-15,19H2,1-7H3,(H,37,43)/b36-16+/t20?,21-,22+. The van der Waals surface area contributed by atoms with Crippen molar-refractivity contribution < 1.29 is 19.5 Å². The molecule has 2 N–H and O–H groups in total. The van der Waals surface area contributed by atoms with Gasteiger partial charge in [-0.15, -0.1) is 0 Å². The van der Waals surface area contributed by atoms with E-state index in [9.17, 15) is 10.0 Å². The number of aryl methyl sites for hydroxylation is 1. The number of fused-ring (bicyclic) bond motifs is 4. The van der Waals surface area contributed by atoms with Crippen molar-refractivity contribution in [3.8, 4) is 11.1 Å². The first kappa shape index (κ1) is 33.2. The maximum absolute atomic E-state index is 12.5. The van der Waals surface area contributed by atoms with Crippen LogP contribution < -0.4 is 10.2 Å². The second-order valence-corrected chi connectivity index (χ2v) is 20.9. The third-order valence-corrected chi connectivity index (χ3v) is 11.0. The minimum atomic E-state index is -1.27. The highest BCUT2D eigenvalue weighted by molar-refractivity contribution is 6.76. The summed E-state index contributed by atoms with van der Waals surface area (Å²) >= 11 is 7.07. The summed E-state index contributed by atoms with van der Waals surface area (Å²) in [5.41, 5.74) is 3.81. The van der Waals surface area contributed by atoms with Crippen LogP contribution in [0, 0.1) is 0 Å². The molecule has 5 heterocycles. The third kappa shape index (κ3) is 6.97. The molecule has 4 aromatic rings. The number of rotatable bonds is 9. The summed E-state index contributed by atoms with van der Waals surface area (Å²) in [7, 11) is 0.520. The molecule has 1 amide bonds. The maximum atomic E-state index is 12.5. The van der Waals surface area contributed by atoms with Crippen LogP contribution in [0.2, 0.25) is 30.7 Å². The summed E-state index contributed by atoms with van der Waals surface area (Å²) < 4.78 is 15.4. The number of oxime groups is 1. The lowest BCUT2D eigenvalue weighted by molar-refractivity contribution is 0.0492. The highest BCUT2D eigenvalue weighted by Gasteiger charge is 2.42. The third-order valence-electron chi connectivity index (χ3n) is 8.95. The molecule has 2 fully saturated rings. The van der Waals surface area contributed by atoms with Crippen molar-refractivity contribution in [2.45, 2.75) is 103 Å². The van der Waals surface area contributed by atoms with Gasteiger partial charge >= 0.3 is 6.09 Å². The van der Waals surface area contributed by atoms with Gasteiger partial charge in [0.25, 0.3) is 0 Å². The number of anilines is 1. The maximum Gasteiger partial charge on any atom is 0.407 e. The van der Waals surface area contributed by atoms with E-state index < -0.39 is 13.7 Å². The van der Waals surface area contributed by atoms with Crippen molar-refractivity contribution in [3.63, 3.8) is 0 Å². The highest BCUT2D eigenvalue weighted by atomic mass is 35.5. The molecule has 2 aliphatic heterocycles. The molecule has 2 saturated heterocycles. The van der Waals surface area contributed by atoms with Gasteiger partial charge in [-0.25, -0.2) is 14.8 Å². The van der Waals surface area contributed by atoms with Gasteiger partial charge < -0.3 is 29.5 Å². The normalized spacial score (nSPS) is 20.2. The zero-order valence-corrected chi connectivity index (χ0v) is 30.0. The van der Waals surface area contributed by atoms with Crippen molar-refractivity contribution in [3.05, 3.63) is 35.2 Å². The molecule has 6 rings (SSSR count). The quantitative estimate of drug-likeness (QED) is 0.0650. The van der Waals surface area contributed by atoms with E-state index in [-0.39, 0.29) is 24.2 Å². The van der Waals surface area contributed by atoms with E-state index in [4.69, 9.17) is 31.0 Å². The second kappa shape index (κ2) is 12.7. The van der Waals surface area contributed by atoms with Crippen LogP contribution in [0.15, 0.2) is 29.7 Å².